The lowest BCUT2D eigenvalue weighted by atomic mass is 10.2. The Bertz CT molecular complexity index is 1040. The molecule has 3 rings (SSSR count). The van der Waals surface area contributed by atoms with Crippen LogP contribution in [0.25, 0.3) is 10.6 Å². The summed E-state index contributed by atoms with van der Waals surface area (Å²) in [5.74, 6) is -0.208. The van der Waals surface area contributed by atoms with Crippen molar-refractivity contribution in [2.45, 2.75) is 31.2 Å². The zero-order valence-corrected chi connectivity index (χ0v) is 17.2. The lowest BCUT2D eigenvalue weighted by Crippen LogP contribution is -2.30. The van der Waals surface area contributed by atoms with Crippen LogP contribution < -0.4 is 10.0 Å². The van der Waals surface area contributed by atoms with E-state index in [4.69, 9.17) is 0 Å². The Morgan fingerprint density at radius 2 is 1.75 bits per heavy atom. The number of carbonyl (C=O) groups is 1. The molecule has 1 amide bonds. The number of thiazole rings is 1. The van der Waals surface area contributed by atoms with E-state index in [1.165, 1.54) is 23.5 Å². The zero-order valence-electron chi connectivity index (χ0n) is 15.5. The maximum atomic E-state index is 12.3. The minimum Gasteiger partial charge on any atom is -0.326 e. The Kier molecular flexibility index (Phi) is 6.23. The molecule has 2 N–H and O–H groups in total. The maximum absolute atomic E-state index is 12.3. The van der Waals surface area contributed by atoms with E-state index in [1.807, 2.05) is 35.7 Å². The first-order chi connectivity index (χ1) is 13.3. The van der Waals surface area contributed by atoms with Gasteiger partial charge in [0.15, 0.2) is 0 Å². The number of sulfonamides is 1. The Morgan fingerprint density at radius 3 is 2.39 bits per heavy atom. The number of nitrogens with one attached hydrogen (secondary N) is 2. The van der Waals surface area contributed by atoms with Gasteiger partial charge >= 0.3 is 0 Å². The van der Waals surface area contributed by atoms with Gasteiger partial charge in [-0.05, 0) is 38.1 Å². The maximum Gasteiger partial charge on any atom is 0.240 e. The number of carbonyl (C=O) groups excluding carboxylic acids is 1. The van der Waals surface area contributed by atoms with Crippen molar-refractivity contribution >= 4 is 33.0 Å². The van der Waals surface area contributed by atoms with Crippen LogP contribution in [0.15, 0.2) is 64.9 Å². The largest absolute Gasteiger partial charge is 0.326 e. The van der Waals surface area contributed by atoms with E-state index < -0.39 is 10.0 Å². The van der Waals surface area contributed by atoms with Crippen LogP contribution in [0.4, 0.5) is 5.69 Å². The van der Waals surface area contributed by atoms with Crippen LogP contribution in [0.2, 0.25) is 0 Å². The fraction of sp³-hybridized carbons (Fsp3) is 0.200. The summed E-state index contributed by atoms with van der Waals surface area (Å²) in [7, 11) is -3.55. The molecule has 0 unspecified atom stereocenters. The number of amides is 1. The normalized spacial score (nSPS) is 11.5. The Balaban J connectivity index is 1.62. The highest BCUT2D eigenvalue weighted by atomic mass is 32.2. The van der Waals surface area contributed by atoms with Crippen LogP contribution in [0.5, 0.6) is 0 Å². The summed E-state index contributed by atoms with van der Waals surface area (Å²) in [6.45, 7) is 3.52. The van der Waals surface area contributed by atoms with Crippen molar-refractivity contribution in [2.24, 2.45) is 0 Å². The highest BCUT2D eigenvalue weighted by Crippen LogP contribution is 2.23. The van der Waals surface area contributed by atoms with E-state index in [0.717, 1.165) is 10.6 Å². The van der Waals surface area contributed by atoms with E-state index in [1.54, 1.807) is 26.0 Å². The molecule has 0 aliphatic carbocycles. The molecule has 0 fully saturated rings. The number of rotatable bonds is 7. The number of aromatic nitrogens is 1. The van der Waals surface area contributed by atoms with Gasteiger partial charge in [0.05, 0.1) is 17.0 Å². The third kappa shape index (κ3) is 5.25. The molecule has 146 valence electrons. The Morgan fingerprint density at radius 1 is 1.07 bits per heavy atom. The molecule has 0 aliphatic heterocycles. The van der Waals surface area contributed by atoms with Gasteiger partial charge in [-0.3, -0.25) is 4.79 Å². The second-order valence-electron chi connectivity index (χ2n) is 6.54. The smallest absolute Gasteiger partial charge is 0.240 e. The van der Waals surface area contributed by atoms with Gasteiger partial charge in [-0.2, -0.15) is 0 Å². The Labute approximate surface area is 168 Å². The summed E-state index contributed by atoms with van der Waals surface area (Å²) >= 11 is 1.50. The van der Waals surface area contributed by atoms with Gasteiger partial charge in [0.25, 0.3) is 0 Å². The second kappa shape index (κ2) is 8.64. The van der Waals surface area contributed by atoms with E-state index in [2.05, 4.69) is 15.0 Å². The number of anilines is 1. The summed E-state index contributed by atoms with van der Waals surface area (Å²) in [5.41, 5.74) is 2.25. The van der Waals surface area contributed by atoms with Crippen molar-refractivity contribution in [3.05, 3.63) is 65.7 Å². The molecule has 0 saturated carbocycles. The second-order valence-corrected chi connectivity index (χ2v) is 9.11. The summed E-state index contributed by atoms with van der Waals surface area (Å²) in [4.78, 5) is 16.9. The molecule has 0 aliphatic rings. The van der Waals surface area contributed by atoms with Crippen molar-refractivity contribution in [3.63, 3.8) is 0 Å². The highest BCUT2D eigenvalue weighted by molar-refractivity contribution is 7.89. The summed E-state index contributed by atoms with van der Waals surface area (Å²) in [6, 6.07) is 15.7. The Hall–Kier alpha value is -2.55. The number of benzene rings is 2. The minimum atomic E-state index is -3.55. The van der Waals surface area contributed by atoms with Crippen LogP contribution in [0.3, 0.4) is 0 Å². The van der Waals surface area contributed by atoms with Crippen LogP contribution in [0.1, 0.15) is 19.5 Å². The van der Waals surface area contributed by atoms with Crippen molar-refractivity contribution < 1.29 is 13.2 Å². The van der Waals surface area contributed by atoms with Crippen LogP contribution in [-0.2, 0) is 21.2 Å². The van der Waals surface area contributed by atoms with E-state index >= 15 is 0 Å². The van der Waals surface area contributed by atoms with Crippen molar-refractivity contribution in [2.75, 3.05) is 5.32 Å². The minimum absolute atomic E-state index is 0.151. The van der Waals surface area contributed by atoms with Crippen LogP contribution in [-0.4, -0.2) is 25.4 Å². The number of nitrogens with zero attached hydrogens (tertiary/aromatic N) is 1. The first kappa shape index (κ1) is 20.2. The molecule has 0 saturated heterocycles. The topological polar surface area (TPSA) is 88.2 Å². The van der Waals surface area contributed by atoms with Crippen LogP contribution >= 0.6 is 11.3 Å². The predicted octanol–water partition coefficient (Wildman–Crippen LogP) is 3.68. The quantitative estimate of drug-likeness (QED) is 0.616. The van der Waals surface area contributed by atoms with Gasteiger partial charge in [0, 0.05) is 22.7 Å². The molecule has 3 aromatic rings. The predicted molar refractivity (Wildman–Crippen MR) is 112 cm³/mol. The van der Waals surface area contributed by atoms with E-state index in [9.17, 15) is 13.2 Å². The van der Waals surface area contributed by atoms with Gasteiger partial charge in [0.2, 0.25) is 15.9 Å². The molecule has 0 bridgehead atoms. The van der Waals surface area contributed by atoms with E-state index in [0.29, 0.717) is 11.4 Å². The standard InChI is InChI=1S/C20H21N3O3S2/c1-14(2)23-28(25,26)18-10-8-16(9-11-18)21-19(24)12-17-13-27-20(22-17)15-6-4-3-5-7-15/h3-11,13-14,23H,12H2,1-2H3,(H,21,24). The average Bonchev–Trinajstić information content (AvgIpc) is 3.10. The number of hydrogen-bond donors (Lipinski definition) is 2. The van der Waals surface area contributed by atoms with Crippen LogP contribution in [0, 0.1) is 0 Å². The lowest BCUT2D eigenvalue weighted by molar-refractivity contribution is -0.115. The first-order valence-corrected chi connectivity index (χ1v) is 11.1. The van der Waals surface area contributed by atoms with Gasteiger partial charge < -0.3 is 5.32 Å². The van der Waals surface area contributed by atoms with Crippen molar-refractivity contribution in [3.8, 4) is 10.6 Å². The van der Waals surface area contributed by atoms with Crippen molar-refractivity contribution in [1.82, 2.24) is 9.71 Å². The molecule has 0 atom stereocenters. The number of hydrogen-bond acceptors (Lipinski definition) is 5. The first-order valence-electron chi connectivity index (χ1n) is 8.75. The monoisotopic (exact) mass is 415 g/mol. The fourth-order valence-corrected chi connectivity index (χ4v) is 4.64. The zero-order chi connectivity index (χ0) is 20.1. The molecule has 1 heterocycles. The third-order valence-electron chi connectivity index (χ3n) is 3.75. The van der Waals surface area contributed by atoms with Crippen molar-refractivity contribution in [1.29, 1.82) is 0 Å². The lowest BCUT2D eigenvalue weighted by Gasteiger charge is -2.10. The summed E-state index contributed by atoms with van der Waals surface area (Å²) in [6.07, 6.45) is 0.151. The van der Waals surface area contributed by atoms with Gasteiger partial charge in [-0.15, -0.1) is 11.3 Å². The van der Waals surface area contributed by atoms with E-state index in [-0.39, 0.29) is 23.3 Å². The molecule has 1 aromatic heterocycles. The van der Waals surface area contributed by atoms with Gasteiger partial charge in [0.1, 0.15) is 5.01 Å². The molecular formula is C20H21N3O3S2. The third-order valence-corrected chi connectivity index (χ3v) is 6.37. The molecule has 28 heavy (non-hydrogen) atoms. The highest BCUT2D eigenvalue weighted by Gasteiger charge is 2.15. The fourth-order valence-electron chi connectivity index (χ4n) is 2.57. The molecule has 8 heteroatoms. The molecular weight excluding hydrogens is 394 g/mol. The summed E-state index contributed by atoms with van der Waals surface area (Å²) < 4.78 is 26.8. The molecule has 2 aromatic carbocycles. The average molecular weight is 416 g/mol. The summed E-state index contributed by atoms with van der Waals surface area (Å²) in [5, 5.41) is 5.51. The van der Waals surface area contributed by atoms with Gasteiger partial charge in [-0.25, -0.2) is 18.1 Å². The molecule has 0 spiro atoms. The van der Waals surface area contributed by atoms with Gasteiger partial charge in [-0.1, -0.05) is 30.3 Å². The SMILES string of the molecule is CC(C)NS(=O)(=O)c1ccc(NC(=O)Cc2csc(-c3ccccc3)n2)cc1. The molecule has 0 radical (unpaired) electrons. The molecule has 6 nitrogen and oxygen atoms in total.